The highest BCUT2D eigenvalue weighted by molar-refractivity contribution is 4.84. The molecule has 2 aliphatic rings. The van der Waals surface area contributed by atoms with Gasteiger partial charge in [-0.2, -0.15) is 0 Å². The van der Waals surface area contributed by atoms with Gasteiger partial charge in [-0.25, -0.2) is 0 Å². The average Bonchev–Trinajstić information content (AvgIpc) is 2.41. The van der Waals surface area contributed by atoms with Crippen molar-refractivity contribution in [1.82, 2.24) is 15.1 Å². The standard InChI is InChI=1S/C16H33N3/c1-4-18-9-5-15(6-10-18)17-16-7-11-19(12-8-16)13-14(2)3/h14-17H,4-13H2,1-3H3. The second kappa shape index (κ2) is 7.61. The summed E-state index contributed by atoms with van der Waals surface area (Å²) in [5, 5.41) is 3.92. The summed E-state index contributed by atoms with van der Waals surface area (Å²) in [6, 6.07) is 1.56. The number of rotatable bonds is 5. The van der Waals surface area contributed by atoms with Gasteiger partial charge in [-0.05, 0) is 64.3 Å². The summed E-state index contributed by atoms with van der Waals surface area (Å²) in [7, 11) is 0. The fraction of sp³-hybridized carbons (Fsp3) is 1.00. The summed E-state index contributed by atoms with van der Waals surface area (Å²) in [6.07, 6.45) is 5.39. The fourth-order valence-electron chi connectivity index (χ4n) is 3.55. The van der Waals surface area contributed by atoms with Gasteiger partial charge in [0.15, 0.2) is 0 Å². The van der Waals surface area contributed by atoms with Gasteiger partial charge in [0.1, 0.15) is 0 Å². The molecule has 0 saturated carbocycles. The molecule has 0 aliphatic carbocycles. The summed E-state index contributed by atoms with van der Waals surface area (Å²) in [6.45, 7) is 14.6. The Bertz CT molecular complexity index is 238. The molecule has 2 heterocycles. The maximum atomic E-state index is 3.92. The van der Waals surface area contributed by atoms with E-state index in [-0.39, 0.29) is 0 Å². The molecule has 0 radical (unpaired) electrons. The second-order valence-corrected chi connectivity index (χ2v) is 6.84. The number of hydrogen-bond acceptors (Lipinski definition) is 3. The van der Waals surface area contributed by atoms with Gasteiger partial charge in [-0.15, -0.1) is 0 Å². The molecule has 0 aromatic carbocycles. The number of piperidine rings is 2. The summed E-state index contributed by atoms with van der Waals surface area (Å²) in [4.78, 5) is 5.21. The van der Waals surface area contributed by atoms with Crippen LogP contribution in [0, 0.1) is 5.92 Å². The summed E-state index contributed by atoms with van der Waals surface area (Å²) in [5.74, 6) is 0.808. The minimum Gasteiger partial charge on any atom is -0.311 e. The Morgan fingerprint density at radius 3 is 1.79 bits per heavy atom. The van der Waals surface area contributed by atoms with Gasteiger partial charge in [-0.3, -0.25) is 0 Å². The van der Waals surface area contributed by atoms with Gasteiger partial charge in [0, 0.05) is 18.6 Å². The Morgan fingerprint density at radius 2 is 1.37 bits per heavy atom. The summed E-state index contributed by atoms with van der Waals surface area (Å²) in [5.41, 5.74) is 0. The lowest BCUT2D eigenvalue weighted by Gasteiger charge is -2.38. The van der Waals surface area contributed by atoms with Crippen LogP contribution >= 0.6 is 0 Å². The van der Waals surface area contributed by atoms with E-state index in [0.717, 1.165) is 18.0 Å². The maximum Gasteiger partial charge on any atom is 0.00940 e. The minimum atomic E-state index is 0.779. The lowest BCUT2D eigenvalue weighted by Crippen LogP contribution is -2.50. The van der Waals surface area contributed by atoms with Crippen LogP contribution in [0.5, 0.6) is 0 Å². The predicted octanol–water partition coefficient (Wildman–Crippen LogP) is 2.18. The van der Waals surface area contributed by atoms with Crippen molar-refractivity contribution in [3.05, 3.63) is 0 Å². The Kier molecular flexibility index (Phi) is 6.11. The number of hydrogen-bond donors (Lipinski definition) is 1. The van der Waals surface area contributed by atoms with Gasteiger partial charge < -0.3 is 15.1 Å². The SMILES string of the molecule is CCN1CCC(NC2CCN(CC(C)C)CC2)CC1. The Hall–Kier alpha value is -0.120. The molecule has 0 bridgehead atoms. The molecule has 2 saturated heterocycles. The first kappa shape index (κ1) is 15.3. The molecule has 1 N–H and O–H groups in total. The first-order chi connectivity index (χ1) is 9.17. The van der Waals surface area contributed by atoms with Crippen molar-refractivity contribution in [2.24, 2.45) is 5.92 Å². The lowest BCUT2D eigenvalue weighted by atomic mass is 9.99. The molecule has 112 valence electrons. The van der Waals surface area contributed by atoms with Crippen molar-refractivity contribution >= 4 is 0 Å². The highest BCUT2D eigenvalue weighted by Gasteiger charge is 2.24. The summed E-state index contributed by atoms with van der Waals surface area (Å²) >= 11 is 0. The molecule has 0 aromatic heterocycles. The van der Waals surface area contributed by atoms with Crippen LogP contribution in [-0.2, 0) is 0 Å². The molecular weight excluding hydrogens is 234 g/mol. The van der Waals surface area contributed by atoms with Gasteiger partial charge >= 0.3 is 0 Å². The van der Waals surface area contributed by atoms with Crippen LogP contribution in [0.2, 0.25) is 0 Å². The normalized spacial score (nSPS) is 25.3. The van der Waals surface area contributed by atoms with Crippen LogP contribution in [0.1, 0.15) is 46.5 Å². The van der Waals surface area contributed by atoms with Crippen molar-refractivity contribution in [3.8, 4) is 0 Å². The minimum absolute atomic E-state index is 0.779. The third kappa shape index (κ3) is 5.05. The van der Waals surface area contributed by atoms with Gasteiger partial charge in [0.05, 0.1) is 0 Å². The van der Waals surface area contributed by atoms with Gasteiger partial charge in [0.25, 0.3) is 0 Å². The monoisotopic (exact) mass is 267 g/mol. The average molecular weight is 267 g/mol. The van der Waals surface area contributed by atoms with E-state index >= 15 is 0 Å². The molecule has 0 spiro atoms. The molecule has 0 atom stereocenters. The molecule has 2 aliphatic heterocycles. The van der Waals surface area contributed by atoms with Crippen molar-refractivity contribution in [3.63, 3.8) is 0 Å². The molecule has 3 nitrogen and oxygen atoms in total. The maximum absolute atomic E-state index is 3.92. The number of nitrogens with zero attached hydrogens (tertiary/aromatic N) is 2. The third-order valence-electron chi connectivity index (χ3n) is 4.72. The van der Waals surface area contributed by atoms with E-state index in [2.05, 4.69) is 35.9 Å². The van der Waals surface area contributed by atoms with Crippen LogP contribution in [0.3, 0.4) is 0 Å². The van der Waals surface area contributed by atoms with E-state index < -0.39 is 0 Å². The first-order valence-corrected chi connectivity index (χ1v) is 8.38. The zero-order valence-electron chi connectivity index (χ0n) is 13.2. The van der Waals surface area contributed by atoms with Crippen LogP contribution in [0.25, 0.3) is 0 Å². The number of nitrogens with one attached hydrogen (secondary N) is 1. The number of likely N-dealkylation sites (tertiary alicyclic amines) is 2. The molecule has 19 heavy (non-hydrogen) atoms. The summed E-state index contributed by atoms with van der Waals surface area (Å²) < 4.78 is 0. The van der Waals surface area contributed by atoms with E-state index in [1.165, 1.54) is 65.0 Å². The molecule has 0 aromatic rings. The van der Waals surface area contributed by atoms with E-state index in [1.807, 2.05) is 0 Å². The van der Waals surface area contributed by atoms with Crippen molar-refractivity contribution < 1.29 is 0 Å². The zero-order chi connectivity index (χ0) is 13.7. The smallest absolute Gasteiger partial charge is 0.00940 e. The molecule has 3 heteroatoms. The van der Waals surface area contributed by atoms with Crippen LogP contribution in [0.4, 0.5) is 0 Å². The van der Waals surface area contributed by atoms with Crippen LogP contribution in [0.15, 0.2) is 0 Å². The lowest BCUT2D eigenvalue weighted by molar-refractivity contribution is 0.154. The predicted molar refractivity (Wildman–Crippen MR) is 82.6 cm³/mol. The highest BCUT2D eigenvalue weighted by atomic mass is 15.2. The largest absolute Gasteiger partial charge is 0.311 e. The van der Waals surface area contributed by atoms with E-state index in [1.54, 1.807) is 0 Å². The molecule has 0 amide bonds. The second-order valence-electron chi connectivity index (χ2n) is 6.84. The van der Waals surface area contributed by atoms with Gasteiger partial charge in [0.2, 0.25) is 0 Å². The van der Waals surface area contributed by atoms with Crippen LogP contribution < -0.4 is 5.32 Å². The topological polar surface area (TPSA) is 18.5 Å². The van der Waals surface area contributed by atoms with Crippen molar-refractivity contribution in [2.75, 3.05) is 39.3 Å². The molecule has 2 rings (SSSR count). The molecule has 2 fully saturated rings. The third-order valence-corrected chi connectivity index (χ3v) is 4.72. The van der Waals surface area contributed by atoms with Crippen molar-refractivity contribution in [2.45, 2.75) is 58.5 Å². The van der Waals surface area contributed by atoms with E-state index in [0.29, 0.717) is 0 Å². The zero-order valence-corrected chi connectivity index (χ0v) is 13.2. The Labute approximate surface area is 119 Å². The van der Waals surface area contributed by atoms with Crippen LogP contribution in [-0.4, -0.2) is 61.2 Å². The highest BCUT2D eigenvalue weighted by Crippen LogP contribution is 2.16. The molecule has 0 unspecified atom stereocenters. The quantitative estimate of drug-likeness (QED) is 0.824. The molecular formula is C16H33N3. The first-order valence-electron chi connectivity index (χ1n) is 8.38. The Balaban J connectivity index is 1.63. The van der Waals surface area contributed by atoms with Crippen molar-refractivity contribution in [1.29, 1.82) is 0 Å². The van der Waals surface area contributed by atoms with E-state index in [9.17, 15) is 0 Å². The van der Waals surface area contributed by atoms with E-state index in [4.69, 9.17) is 0 Å². The van der Waals surface area contributed by atoms with Gasteiger partial charge in [-0.1, -0.05) is 20.8 Å². The Morgan fingerprint density at radius 1 is 0.895 bits per heavy atom. The fourth-order valence-corrected chi connectivity index (χ4v) is 3.55.